The van der Waals surface area contributed by atoms with Crippen molar-refractivity contribution in [2.24, 2.45) is 0 Å². The molecule has 146 valence electrons. The van der Waals surface area contributed by atoms with Crippen LogP contribution in [0.15, 0.2) is 84.9 Å². The average Bonchev–Trinajstić information content (AvgIpc) is 2.79. The summed E-state index contributed by atoms with van der Waals surface area (Å²) in [5.74, 6) is -0.752. The minimum absolute atomic E-state index is 0.0199. The van der Waals surface area contributed by atoms with Crippen molar-refractivity contribution in [1.29, 1.82) is 0 Å². The summed E-state index contributed by atoms with van der Waals surface area (Å²) in [6.45, 7) is 0. The van der Waals surface area contributed by atoms with Crippen molar-refractivity contribution >= 4 is 17.5 Å². The number of hydrogen-bond acceptors (Lipinski definition) is 4. The summed E-state index contributed by atoms with van der Waals surface area (Å²) in [7, 11) is 1.33. The molecule has 29 heavy (non-hydrogen) atoms. The number of benzene rings is 3. The molecule has 0 amide bonds. The van der Waals surface area contributed by atoms with E-state index in [1.54, 1.807) is 48.5 Å². The molecule has 0 N–H and O–H groups in total. The van der Waals surface area contributed by atoms with Crippen molar-refractivity contribution in [1.82, 2.24) is 0 Å². The number of ether oxygens (including phenoxy) is 1. The van der Waals surface area contributed by atoms with E-state index >= 15 is 0 Å². The van der Waals surface area contributed by atoms with Gasteiger partial charge in [0.2, 0.25) is 0 Å². The lowest BCUT2D eigenvalue weighted by atomic mass is 9.86. The monoisotopic (exact) mass is 386 g/mol. The summed E-state index contributed by atoms with van der Waals surface area (Å²) in [4.78, 5) is 37.3. The van der Waals surface area contributed by atoms with E-state index in [-0.39, 0.29) is 30.3 Å². The Labute approximate surface area is 170 Å². The van der Waals surface area contributed by atoms with E-state index < -0.39 is 5.97 Å². The molecule has 3 aromatic rings. The molecular formula is C25H22O4. The molecule has 0 aliphatic carbocycles. The van der Waals surface area contributed by atoms with Crippen LogP contribution < -0.4 is 0 Å². The van der Waals surface area contributed by atoms with Crippen LogP contribution in [0.2, 0.25) is 0 Å². The Kier molecular flexibility index (Phi) is 6.69. The van der Waals surface area contributed by atoms with E-state index in [1.807, 2.05) is 36.4 Å². The predicted molar refractivity (Wildman–Crippen MR) is 111 cm³/mol. The SMILES string of the molecule is COC(=O)c1ccc(C(CC(=O)c2ccccc2)CC(=O)c2ccccc2)cc1. The van der Waals surface area contributed by atoms with Crippen LogP contribution >= 0.6 is 0 Å². The highest BCUT2D eigenvalue weighted by Gasteiger charge is 2.21. The molecule has 0 heterocycles. The maximum Gasteiger partial charge on any atom is 0.337 e. The van der Waals surface area contributed by atoms with E-state index in [2.05, 4.69) is 0 Å². The van der Waals surface area contributed by atoms with Crippen molar-refractivity contribution in [3.05, 3.63) is 107 Å². The van der Waals surface area contributed by atoms with Gasteiger partial charge in [-0.1, -0.05) is 72.8 Å². The molecule has 0 radical (unpaired) electrons. The lowest BCUT2D eigenvalue weighted by Gasteiger charge is -2.17. The smallest absolute Gasteiger partial charge is 0.337 e. The molecule has 4 heteroatoms. The molecule has 3 aromatic carbocycles. The van der Waals surface area contributed by atoms with E-state index in [1.165, 1.54) is 7.11 Å². The summed E-state index contributed by atoms with van der Waals surface area (Å²) in [6.07, 6.45) is 0.417. The zero-order chi connectivity index (χ0) is 20.6. The fourth-order valence-electron chi connectivity index (χ4n) is 3.25. The topological polar surface area (TPSA) is 60.4 Å². The Morgan fingerprint density at radius 3 is 1.52 bits per heavy atom. The van der Waals surface area contributed by atoms with Gasteiger partial charge in [-0.05, 0) is 23.6 Å². The third kappa shape index (κ3) is 5.26. The number of rotatable bonds is 8. The first-order valence-electron chi connectivity index (χ1n) is 9.43. The highest BCUT2D eigenvalue weighted by molar-refractivity contribution is 5.99. The first-order chi connectivity index (χ1) is 14.1. The Hall–Kier alpha value is -3.53. The standard InChI is InChI=1S/C25H22O4/c1-29-25(28)21-14-12-18(13-15-21)22(16-23(26)19-8-4-2-5-9-19)17-24(27)20-10-6-3-7-11-20/h2-15,22H,16-17H2,1H3. The number of hydrogen-bond donors (Lipinski definition) is 0. The van der Waals surface area contributed by atoms with Crippen LogP contribution in [0.25, 0.3) is 0 Å². The highest BCUT2D eigenvalue weighted by atomic mass is 16.5. The van der Waals surface area contributed by atoms with Gasteiger partial charge >= 0.3 is 5.97 Å². The number of Topliss-reactive ketones (excluding diaryl/α,β-unsaturated/α-hetero) is 2. The fourth-order valence-corrected chi connectivity index (χ4v) is 3.25. The molecule has 3 rings (SSSR count). The van der Waals surface area contributed by atoms with Gasteiger partial charge in [-0.2, -0.15) is 0 Å². The van der Waals surface area contributed by atoms with Gasteiger partial charge in [-0.3, -0.25) is 9.59 Å². The first-order valence-corrected chi connectivity index (χ1v) is 9.43. The molecule has 0 aliphatic rings. The molecule has 0 bridgehead atoms. The molecule has 0 aliphatic heterocycles. The lowest BCUT2D eigenvalue weighted by Crippen LogP contribution is -2.13. The van der Waals surface area contributed by atoms with Crippen LogP contribution in [0.4, 0.5) is 0 Å². The number of carbonyl (C=O) groups is 3. The van der Waals surface area contributed by atoms with Gasteiger partial charge in [-0.25, -0.2) is 4.79 Å². The minimum atomic E-state index is -0.422. The Bertz CT molecular complexity index is 923. The molecule has 0 saturated heterocycles. The maximum atomic E-state index is 12.8. The number of carbonyl (C=O) groups excluding carboxylic acids is 3. The Balaban J connectivity index is 1.85. The van der Waals surface area contributed by atoms with Crippen LogP contribution in [-0.4, -0.2) is 24.6 Å². The van der Waals surface area contributed by atoms with Crippen molar-refractivity contribution in [3.63, 3.8) is 0 Å². The molecule has 0 atom stereocenters. The maximum absolute atomic E-state index is 12.8. The van der Waals surface area contributed by atoms with Gasteiger partial charge in [0.05, 0.1) is 12.7 Å². The Morgan fingerprint density at radius 2 is 1.10 bits per heavy atom. The first kappa shape index (κ1) is 20.2. The van der Waals surface area contributed by atoms with Crippen molar-refractivity contribution in [2.45, 2.75) is 18.8 Å². The van der Waals surface area contributed by atoms with Crippen molar-refractivity contribution in [2.75, 3.05) is 7.11 Å². The third-order valence-electron chi connectivity index (χ3n) is 4.86. The van der Waals surface area contributed by atoms with Crippen molar-refractivity contribution in [3.8, 4) is 0 Å². The third-order valence-corrected chi connectivity index (χ3v) is 4.86. The van der Waals surface area contributed by atoms with Gasteiger partial charge in [0.1, 0.15) is 0 Å². The number of esters is 1. The zero-order valence-corrected chi connectivity index (χ0v) is 16.2. The summed E-state index contributed by atoms with van der Waals surface area (Å²) >= 11 is 0. The van der Waals surface area contributed by atoms with Gasteiger partial charge in [0, 0.05) is 24.0 Å². The van der Waals surface area contributed by atoms with Crippen LogP contribution in [0.1, 0.15) is 55.4 Å². The molecule has 0 aromatic heterocycles. The number of ketones is 2. The van der Waals surface area contributed by atoms with Gasteiger partial charge in [-0.15, -0.1) is 0 Å². The van der Waals surface area contributed by atoms with Gasteiger partial charge in [0.15, 0.2) is 11.6 Å². The highest BCUT2D eigenvalue weighted by Crippen LogP contribution is 2.28. The van der Waals surface area contributed by atoms with Crippen LogP contribution in [0, 0.1) is 0 Å². The predicted octanol–water partition coefficient (Wildman–Crippen LogP) is 5.10. The van der Waals surface area contributed by atoms with E-state index in [4.69, 9.17) is 4.74 Å². The van der Waals surface area contributed by atoms with Crippen LogP contribution in [-0.2, 0) is 4.74 Å². The molecule has 0 unspecified atom stereocenters. The summed E-state index contributed by atoms with van der Waals surface area (Å²) in [6, 6.07) is 25.0. The van der Waals surface area contributed by atoms with E-state index in [0.29, 0.717) is 16.7 Å². The zero-order valence-electron chi connectivity index (χ0n) is 16.2. The second-order valence-corrected chi connectivity index (χ2v) is 6.80. The summed E-state index contributed by atoms with van der Waals surface area (Å²) in [5.41, 5.74) is 2.51. The van der Waals surface area contributed by atoms with Crippen LogP contribution in [0.3, 0.4) is 0 Å². The summed E-state index contributed by atoms with van der Waals surface area (Å²) < 4.78 is 4.73. The minimum Gasteiger partial charge on any atom is -0.465 e. The average molecular weight is 386 g/mol. The van der Waals surface area contributed by atoms with Gasteiger partial charge in [0.25, 0.3) is 0 Å². The molecular weight excluding hydrogens is 364 g/mol. The fraction of sp³-hybridized carbons (Fsp3) is 0.160. The summed E-state index contributed by atoms with van der Waals surface area (Å²) in [5, 5.41) is 0. The molecule has 4 nitrogen and oxygen atoms in total. The molecule has 0 fully saturated rings. The molecule has 0 spiro atoms. The van der Waals surface area contributed by atoms with Gasteiger partial charge < -0.3 is 4.74 Å². The van der Waals surface area contributed by atoms with Crippen molar-refractivity contribution < 1.29 is 19.1 Å². The quantitative estimate of drug-likeness (QED) is 0.399. The van der Waals surface area contributed by atoms with Crippen LogP contribution in [0.5, 0.6) is 0 Å². The second-order valence-electron chi connectivity index (χ2n) is 6.80. The second kappa shape index (κ2) is 9.60. The Morgan fingerprint density at radius 1 is 0.655 bits per heavy atom. The largest absolute Gasteiger partial charge is 0.465 e. The van der Waals surface area contributed by atoms with E-state index in [9.17, 15) is 14.4 Å². The molecule has 0 saturated carbocycles. The van der Waals surface area contributed by atoms with E-state index in [0.717, 1.165) is 5.56 Å². The number of methoxy groups -OCH3 is 1. The lowest BCUT2D eigenvalue weighted by molar-refractivity contribution is 0.0600. The normalized spacial score (nSPS) is 10.6.